The van der Waals surface area contributed by atoms with Crippen molar-refractivity contribution in [3.63, 3.8) is 0 Å². The van der Waals surface area contributed by atoms with Gasteiger partial charge in [0.15, 0.2) is 5.69 Å². The largest absolute Gasteiger partial charge is 0.382 e. The number of anilines is 1. The number of hydrogen-bond acceptors (Lipinski definition) is 4. The molecule has 0 radical (unpaired) electrons. The standard InChI is InChI=1S/C15H24N4O/c1-5-16-12-8-17-14(9(2)3)19-13(12)15(20)18-10(4)11-6-7-11/h8-11,16H,5-7H2,1-4H3,(H,18,20). The summed E-state index contributed by atoms with van der Waals surface area (Å²) in [7, 11) is 0. The van der Waals surface area contributed by atoms with Gasteiger partial charge in [-0.25, -0.2) is 9.97 Å². The summed E-state index contributed by atoms with van der Waals surface area (Å²) in [6, 6.07) is 0.217. The lowest BCUT2D eigenvalue weighted by atomic mass is 10.2. The molecule has 2 N–H and O–H groups in total. The molecule has 1 fully saturated rings. The Labute approximate surface area is 120 Å². The number of nitrogens with one attached hydrogen (secondary N) is 2. The SMILES string of the molecule is CCNc1cnc(C(C)C)nc1C(=O)NC(C)C1CC1. The minimum absolute atomic E-state index is 0.107. The van der Waals surface area contributed by atoms with Crippen LogP contribution in [0, 0.1) is 5.92 Å². The lowest BCUT2D eigenvalue weighted by molar-refractivity contribution is 0.0931. The van der Waals surface area contributed by atoms with Crippen LogP contribution >= 0.6 is 0 Å². The molecule has 1 aliphatic rings. The van der Waals surface area contributed by atoms with Gasteiger partial charge in [-0.3, -0.25) is 4.79 Å². The molecule has 0 bridgehead atoms. The van der Waals surface area contributed by atoms with Crippen molar-refractivity contribution in [3.8, 4) is 0 Å². The van der Waals surface area contributed by atoms with Crippen molar-refractivity contribution in [1.82, 2.24) is 15.3 Å². The normalized spacial score (nSPS) is 16.1. The monoisotopic (exact) mass is 276 g/mol. The average molecular weight is 276 g/mol. The van der Waals surface area contributed by atoms with Crippen LogP contribution in [-0.2, 0) is 0 Å². The van der Waals surface area contributed by atoms with E-state index in [0.717, 1.165) is 6.54 Å². The molecular weight excluding hydrogens is 252 g/mol. The van der Waals surface area contributed by atoms with Crippen molar-refractivity contribution < 1.29 is 4.79 Å². The number of carbonyl (C=O) groups is 1. The third-order valence-corrected chi connectivity index (χ3v) is 3.59. The summed E-state index contributed by atoms with van der Waals surface area (Å²) in [5, 5.41) is 6.21. The summed E-state index contributed by atoms with van der Waals surface area (Å²) >= 11 is 0. The van der Waals surface area contributed by atoms with E-state index < -0.39 is 0 Å². The number of nitrogens with zero attached hydrogens (tertiary/aromatic N) is 2. The zero-order valence-electron chi connectivity index (χ0n) is 12.7. The quantitative estimate of drug-likeness (QED) is 0.838. The van der Waals surface area contributed by atoms with Gasteiger partial charge in [0.2, 0.25) is 0 Å². The highest BCUT2D eigenvalue weighted by Crippen LogP contribution is 2.32. The number of hydrogen-bond donors (Lipinski definition) is 2. The maximum Gasteiger partial charge on any atom is 0.272 e. The maximum absolute atomic E-state index is 12.4. The zero-order chi connectivity index (χ0) is 14.7. The number of amides is 1. The third kappa shape index (κ3) is 3.46. The minimum atomic E-state index is -0.107. The van der Waals surface area contributed by atoms with Crippen LogP contribution < -0.4 is 10.6 Å². The van der Waals surface area contributed by atoms with Crippen molar-refractivity contribution in [1.29, 1.82) is 0 Å². The Balaban J connectivity index is 2.20. The summed E-state index contributed by atoms with van der Waals surface area (Å²) in [6.07, 6.45) is 4.13. The molecule has 0 aromatic carbocycles. The van der Waals surface area contributed by atoms with Crippen LogP contribution in [0.15, 0.2) is 6.20 Å². The fraction of sp³-hybridized carbons (Fsp3) is 0.667. The molecule has 0 spiro atoms. The third-order valence-electron chi connectivity index (χ3n) is 3.59. The summed E-state index contributed by atoms with van der Waals surface area (Å²) < 4.78 is 0. The van der Waals surface area contributed by atoms with Crippen LogP contribution in [0.25, 0.3) is 0 Å². The number of carbonyl (C=O) groups excluding carboxylic acids is 1. The highest BCUT2D eigenvalue weighted by Gasteiger charge is 2.30. The van der Waals surface area contributed by atoms with E-state index in [2.05, 4.69) is 27.5 Å². The fourth-order valence-corrected chi connectivity index (χ4v) is 2.16. The van der Waals surface area contributed by atoms with Gasteiger partial charge in [0.25, 0.3) is 5.91 Å². The highest BCUT2D eigenvalue weighted by molar-refractivity contribution is 5.97. The zero-order valence-corrected chi connectivity index (χ0v) is 12.7. The summed E-state index contributed by atoms with van der Waals surface area (Å²) in [5.74, 6) is 1.44. The van der Waals surface area contributed by atoms with Gasteiger partial charge in [0.1, 0.15) is 5.82 Å². The lowest BCUT2D eigenvalue weighted by Crippen LogP contribution is -2.35. The summed E-state index contributed by atoms with van der Waals surface area (Å²) in [5.41, 5.74) is 1.16. The molecule has 110 valence electrons. The van der Waals surface area contributed by atoms with Crippen LogP contribution in [-0.4, -0.2) is 28.5 Å². The van der Waals surface area contributed by atoms with Crippen molar-refractivity contribution in [2.24, 2.45) is 5.92 Å². The molecule has 5 nitrogen and oxygen atoms in total. The van der Waals surface area contributed by atoms with E-state index in [1.165, 1.54) is 12.8 Å². The molecule has 1 aromatic heterocycles. The smallest absolute Gasteiger partial charge is 0.272 e. The number of rotatable bonds is 6. The topological polar surface area (TPSA) is 66.9 Å². The van der Waals surface area contributed by atoms with Crippen molar-refractivity contribution in [2.75, 3.05) is 11.9 Å². The molecule has 2 rings (SSSR count). The molecule has 1 aliphatic carbocycles. The first-order valence-corrected chi connectivity index (χ1v) is 7.44. The van der Waals surface area contributed by atoms with E-state index >= 15 is 0 Å². The molecule has 1 aromatic rings. The Morgan fingerprint density at radius 2 is 2.10 bits per heavy atom. The lowest BCUT2D eigenvalue weighted by Gasteiger charge is -2.16. The Morgan fingerprint density at radius 3 is 2.65 bits per heavy atom. The van der Waals surface area contributed by atoms with Crippen molar-refractivity contribution >= 4 is 11.6 Å². The fourth-order valence-electron chi connectivity index (χ4n) is 2.16. The van der Waals surface area contributed by atoms with Crippen LogP contribution in [0.5, 0.6) is 0 Å². The maximum atomic E-state index is 12.4. The molecule has 1 heterocycles. The van der Waals surface area contributed by atoms with Gasteiger partial charge in [-0.1, -0.05) is 13.8 Å². The predicted molar refractivity (Wildman–Crippen MR) is 79.9 cm³/mol. The van der Waals surface area contributed by atoms with Gasteiger partial charge in [-0.2, -0.15) is 0 Å². The second kappa shape index (κ2) is 6.20. The van der Waals surface area contributed by atoms with Crippen LogP contribution in [0.3, 0.4) is 0 Å². The van der Waals surface area contributed by atoms with E-state index in [-0.39, 0.29) is 17.9 Å². The molecule has 0 saturated heterocycles. The van der Waals surface area contributed by atoms with E-state index in [9.17, 15) is 4.79 Å². The summed E-state index contributed by atoms with van der Waals surface area (Å²) in [6.45, 7) is 8.84. The molecule has 1 unspecified atom stereocenters. The first kappa shape index (κ1) is 14.8. The predicted octanol–water partition coefficient (Wildman–Crippen LogP) is 2.56. The molecule has 20 heavy (non-hydrogen) atoms. The van der Waals surface area contributed by atoms with Gasteiger partial charge in [0.05, 0.1) is 11.9 Å². The Hall–Kier alpha value is -1.65. The van der Waals surface area contributed by atoms with Gasteiger partial charge in [-0.05, 0) is 32.6 Å². The van der Waals surface area contributed by atoms with Crippen LogP contribution in [0.2, 0.25) is 0 Å². The van der Waals surface area contributed by atoms with E-state index in [1.54, 1.807) is 6.20 Å². The molecular formula is C15H24N4O. The molecule has 1 saturated carbocycles. The molecule has 5 heteroatoms. The van der Waals surface area contributed by atoms with E-state index in [1.807, 2.05) is 20.8 Å². The minimum Gasteiger partial charge on any atom is -0.382 e. The number of aromatic nitrogens is 2. The average Bonchev–Trinajstić information content (AvgIpc) is 3.23. The van der Waals surface area contributed by atoms with Crippen LogP contribution in [0.1, 0.15) is 62.8 Å². The molecule has 1 amide bonds. The van der Waals surface area contributed by atoms with E-state index in [0.29, 0.717) is 23.1 Å². The summed E-state index contributed by atoms with van der Waals surface area (Å²) in [4.78, 5) is 21.2. The Bertz CT molecular complexity index is 483. The molecule has 1 atom stereocenters. The van der Waals surface area contributed by atoms with Gasteiger partial charge >= 0.3 is 0 Å². The highest BCUT2D eigenvalue weighted by atomic mass is 16.2. The second-order valence-corrected chi connectivity index (χ2v) is 5.78. The van der Waals surface area contributed by atoms with Crippen LogP contribution in [0.4, 0.5) is 5.69 Å². The first-order valence-electron chi connectivity index (χ1n) is 7.44. The Morgan fingerprint density at radius 1 is 1.40 bits per heavy atom. The second-order valence-electron chi connectivity index (χ2n) is 5.78. The van der Waals surface area contributed by atoms with Gasteiger partial charge < -0.3 is 10.6 Å². The first-order chi connectivity index (χ1) is 9.52. The van der Waals surface area contributed by atoms with Gasteiger partial charge in [0, 0.05) is 18.5 Å². The van der Waals surface area contributed by atoms with Crippen molar-refractivity contribution in [3.05, 3.63) is 17.7 Å². The molecule has 0 aliphatic heterocycles. The Kier molecular flexibility index (Phi) is 4.57. The van der Waals surface area contributed by atoms with Crippen molar-refractivity contribution in [2.45, 2.75) is 52.5 Å². The van der Waals surface area contributed by atoms with Gasteiger partial charge in [-0.15, -0.1) is 0 Å². The van der Waals surface area contributed by atoms with E-state index in [4.69, 9.17) is 0 Å².